The SMILES string of the molecule is OCC(Cc1ccc(Br)s1)c1ccc(F)cc1. The van der Waals surface area contributed by atoms with E-state index in [2.05, 4.69) is 15.9 Å². The van der Waals surface area contributed by atoms with Gasteiger partial charge in [-0.3, -0.25) is 0 Å². The fraction of sp³-hybridized carbons (Fsp3) is 0.231. The zero-order chi connectivity index (χ0) is 12.3. The smallest absolute Gasteiger partial charge is 0.123 e. The van der Waals surface area contributed by atoms with Crippen LogP contribution in [0.4, 0.5) is 4.39 Å². The molecule has 0 aliphatic rings. The van der Waals surface area contributed by atoms with Gasteiger partial charge < -0.3 is 5.11 Å². The highest BCUT2D eigenvalue weighted by Gasteiger charge is 2.12. The van der Waals surface area contributed by atoms with Crippen molar-refractivity contribution in [1.82, 2.24) is 0 Å². The van der Waals surface area contributed by atoms with Crippen molar-refractivity contribution in [3.63, 3.8) is 0 Å². The Bertz CT molecular complexity index is 480. The number of halogens is 2. The van der Waals surface area contributed by atoms with Crippen molar-refractivity contribution < 1.29 is 9.50 Å². The van der Waals surface area contributed by atoms with Gasteiger partial charge in [-0.15, -0.1) is 11.3 Å². The first kappa shape index (κ1) is 12.7. The van der Waals surface area contributed by atoms with Crippen molar-refractivity contribution in [3.8, 4) is 0 Å². The van der Waals surface area contributed by atoms with Crippen LogP contribution in [-0.4, -0.2) is 11.7 Å². The molecule has 2 aromatic rings. The molecule has 1 nitrogen and oxygen atoms in total. The van der Waals surface area contributed by atoms with E-state index in [4.69, 9.17) is 0 Å². The summed E-state index contributed by atoms with van der Waals surface area (Å²) >= 11 is 5.08. The van der Waals surface area contributed by atoms with E-state index < -0.39 is 0 Å². The van der Waals surface area contributed by atoms with Crippen molar-refractivity contribution in [2.24, 2.45) is 0 Å². The van der Waals surface area contributed by atoms with E-state index >= 15 is 0 Å². The van der Waals surface area contributed by atoms with Gasteiger partial charge in [-0.1, -0.05) is 12.1 Å². The van der Waals surface area contributed by atoms with E-state index in [-0.39, 0.29) is 18.3 Å². The molecule has 1 unspecified atom stereocenters. The Balaban J connectivity index is 2.13. The molecule has 4 heteroatoms. The monoisotopic (exact) mass is 314 g/mol. The Morgan fingerprint density at radius 3 is 2.41 bits per heavy atom. The predicted octanol–water partition coefficient (Wildman–Crippen LogP) is 3.97. The summed E-state index contributed by atoms with van der Waals surface area (Å²) < 4.78 is 13.9. The fourth-order valence-electron chi connectivity index (χ4n) is 1.73. The Morgan fingerprint density at radius 1 is 1.18 bits per heavy atom. The summed E-state index contributed by atoms with van der Waals surface area (Å²) in [5.41, 5.74) is 0.971. The molecule has 90 valence electrons. The molecule has 1 aromatic heterocycles. The average Bonchev–Trinajstić information content (AvgIpc) is 2.73. The number of thiophene rings is 1. The molecule has 0 bridgehead atoms. The van der Waals surface area contributed by atoms with Crippen molar-refractivity contribution in [3.05, 3.63) is 56.4 Å². The van der Waals surface area contributed by atoms with E-state index in [0.717, 1.165) is 15.8 Å². The lowest BCUT2D eigenvalue weighted by Gasteiger charge is -2.13. The molecule has 1 atom stereocenters. The zero-order valence-corrected chi connectivity index (χ0v) is 11.5. The number of benzene rings is 1. The van der Waals surface area contributed by atoms with Gasteiger partial charge in [-0.2, -0.15) is 0 Å². The Hall–Kier alpha value is -0.710. The Morgan fingerprint density at radius 2 is 1.88 bits per heavy atom. The molecule has 0 radical (unpaired) electrons. The fourth-order valence-corrected chi connectivity index (χ4v) is 3.29. The topological polar surface area (TPSA) is 20.2 Å². The summed E-state index contributed by atoms with van der Waals surface area (Å²) in [4.78, 5) is 1.21. The highest BCUT2D eigenvalue weighted by molar-refractivity contribution is 9.11. The number of aliphatic hydroxyl groups excluding tert-OH is 1. The lowest BCUT2D eigenvalue weighted by molar-refractivity contribution is 0.265. The minimum Gasteiger partial charge on any atom is -0.396 e. The number of rotatable bonds is 4. The van der Waals surface area contributed by atoms with Crippen LogP contribution < -0.4 is 0 Å². The van der Waals surface area contributed by atoms with E-state index in [1.54, 1.807) is 23.5 Å². The molecule has 2 rings (SSSR count). The highest BCUT2D eigenvalue weighted by atomic mass is 79.9. The van der Waals surface area contributed by atoms with E-state index in [9.17, 15) is 9.50 Å². The second kappa shape index (κ2) is 5.76. The van der Waals surface area contributed by atoms with Crippen LogP contribution in [0.3, 0.4) is 0 Å². The van der Waals surface area contributed by atoms with Crippen LogP contribution in [0, 0.1) is 5.82 Å². The molecule has 0 aliphatic heterocycles. The summed E-state index contributed by atoms with van der Waals surface area (Å²) in [6, 6.07) is 10.4. The maximum Gasteiger partial charge on any atom is 0.123 e. The van der Waals surface area contributed by atoms with Gasteiger partial charge in [0.1, 0.15) is 5.82 Å². The first-order valence-electron chi connectivity index (χ1n) is 5.29. The van der Waals surface area contributed by atoms with Crippen LogP contribution in [0.25, 0.3) is 0 Å². The molecule has 17 heavy (non-hydrogen) atoms. The maximum absolute atomic E-state index is 12.8. The van der Waals surface area contributed by atoms with E-state index in [0.29, 0.717) is 0 Å². The van der Waals surface area contributed by atoms with Crippen LogP contribution in [0.15, 0.2) is 40.2 Å². The molecule has 1 heterocycles. The Labute approximate surface area is 112 Å². The average molecular weight is 315 g/mol. The third-order valence-electron chi connectivity index (χ3n) is 2.64. The molecule has 0 amide bonds. The van der Waals surface area contributed by atoms with Crippen molar-refractivity contribution in [2.45, 2.75) is 12.3 Å². The minimum absolute atomic E-state index is 0.0288. The lowest BCUT2D eigenvalue weighted by Crippen LogP contribution is -2.06. The lowest BCUT2D eigenvalue weighted by atomic mass is 9.96. The number of aliphatic hydroxyl groups is 1. The molecule has 0 spiro atoms. The minimum atomic E-state index is -0.246. The first-order valence-corrected chi connectivity index (χ1v) is 6.90. The quantitative estimate of drug-likeness (QED) is 0.905. The van der Waals surface area contributed by atoms with Gasteiger partial charge >= 0.3 is 0 Å². The molecule has 0 saturated heterocycles. The third-order valence-corrected chi connectivity index (χ3v) is 4.28. The second-order valence-electron chi connectivity index (χ2n) is 3.84. The van der Waals surface area contributed by atoms with Gasteiger partial charge in [-0.05, 0) is 52.2 Å². The van der Waals surface area contributed by atoms with Gasteiger partial charge in [0.2, 0.25) is 0 Å². The highest BCUT2D eigenvalue weighted by Crippen LogP contribution is 2.28. The number of hydrogen-bond acceptors (Lipinski definition) is 2. The molecule has 0 fully saturated rings. The van der Waals surface area contributed by atoms with Gasteiger partial charge in [0, 0.05) is 10.8 Å². The molecule has 1 aromatic carbocycles. The van der Waals surface area contributed by atoms with E-state index in [1.807, 2.05) is 12.1 Å². The van der Waals surface area contributed by atoms with Crippen molar-refractivity contribution in [2.75, 3.05) is 6.61 Å². The zero-order valence-electron chi connectivity index (χ0n) is 9.07. The van der Waals surface area contributed by atoms with Crippen LogP contribution in [-0.2, 0) is 6.42 Å². The van der Waals surface area contributed by atoms with Crippen LogP contribution in [0.5, 0.6) is 0 Å². The van der Waals surface area contributed by atoms with Crippen molar-refractivity contribution >= 4 is 27.3 Å². The van der Waals surface area contributed by atoms with E-state index in [1.165, 1.54) is 17.0 Å². The van der Waals surface area contributed by atoms with Gasteiger partial charge in [0.15, 0.2) is 0 Å². The summed E-state index contributed by atoms with van der Waals surface area (Å²) in [5, 5.41) is 9.42. The summed E-state index contributed by atoms with van der Waals surface area (Å²) in [7, 11) is 0. The van der Waals surface area contributed by atoms with Gasteiger partial charge in [-0.25, -0.2) is 4.39 Å². The van der Waals surface area contributed by atoms with Crippen molar-refractivity contribution in [1.29, 1.82) is 0 Å². The molecular weight excluding hydrogens is 303 g/mol. The third kappa shape index (κ3) is 3.37. The van der Waals surface area contributed by atoms with Crippen LogP contribution >= 0.6 is 27.3 Å². The van der Waals surface area contributed by atoms with Gasteiger partial charge in [0.05, 0.1) is 10.4 Å². The summed E-state index contributed by atoms with van der Waals surface area (Å²) in [6.07, 6.45) is 0.776. The normalized spacial score (nSPS) is 12.6. The first-order chi connectivity index (χ1) is 8.19. The second-order valence-corrected chi connectivity index (χ2v) is 6.39. The standard InChI is InChI=1S/C13H12BrFOS/c14-13-6-5-12(17-13)7-10(8-16)9-1-3-11(15)4-2-9/h1-6,10,16H,7-8H2. The maximum atomic E-state index is 12.8. The van der Waals surface area contributed by atoms with Crippen LogP contribution in [0.2, 0.25) is 0 Å². The molecule has 0 saturated carbocycles. The Kier molecular flexibility index (Phi) is 4.31. The van der Waals surface area contributed by atoms with Gasteiger partial charge in [0.25, 0.3) is 0 Å². The molecule has 1 N–H and O–H groups in total. The number of hydrogen-bond donors (Lipinski definition) is 1. The predicted molar refractivity (Wildman–Crippen MR) is 71.9 cm³/mol. The molecular formula is C13H12BrFOS. The summed E-state index contributed by atoms with van der Waals surface area (Å²) in [5.74, 6) is -0.217. The summed E-state index contributed by atoms with van der Waals surface area (Å²) in [6.45, 7) is 0.0706. The van der Waals surface area contributed by atoms with Crippen LogP contribution in [0.1, 0.15) is 16.4 Å². The largest absolute Gasteiger partial charge is 0.396 e. The molecule has 0 aliphatic carbocycles.